The second-order valence-electron chi connectivity index (χ2n) is 6.22. The van der Waals surface area contributed by atoms with E-state index in [1.807, 2.05) is 32.0 Å². The summed E-state index contributed by atoms with van der Waals surface area (Å²) in [6.45, 7) is 3.96. The number of nitrogens with zero attached hydrogens (tertiary/aromatic N) is 3. The molecule has 0 saturated heterocycles. The number of rotatable bonds is 3. The summed E-state index contributed by atoms with van der Waals surface area (Å²) in [7, 11) is 3.35. The van der Waals surface area contributed by atoms with E-state index in [0.717, 1.165) is 27.3 Å². The molecule has 1 aromatic heterocycles. The topological polar surface area (TPSA) is 56.4 Å². The first-order chi connectivity index (χ1) is 11.8. The fourth-order valence-electron chi connectivity index (χ4n) is 2.95. The molecular weight excluding hydrogens is 354 g/mol. The second-order valence-corrected chi connectivity index (χ2v) is 7.66. The molecule has 1 aromatic carbocycles. The highest BCUT2D eigenvalue weighted by Gasteiger charge is 2.22. The monoisotopic (exact) mass is 373 g/mol. The smallest absolute Gasteiger partial charge is 0.293 e. The molecule has 1 aliphatic rings. The molecule has 0 saturated carbocycles. The second kappa shape index (κ2) is 6.72. The number of Topliss-reactive ketones (excluding diaryl/α,β-unsaturated/α-hetero) is 1. The minimum Gasteiger partial charge on any atom is -0.293 e. The first-order valence-corrected chi connectivity index (χ1v) is 9.28. The average molecular weight is 374 g/mol. The summed E-state index contributed by atoms with van der Waals surface area (Å²) in [5.41, 5.74) is 3.57. The summed E-state index contributed by atoms with van der Waals surface area (Å²) in [5.74, 6) is 1.01. The molecule has 0 aliphatic carbocycles. The van der Waals surface area contributed by atoms with Crippen LogP contribution in [0.2, 0.25) is 0 Å². The number of thioether (sulfide) groups is 1. The fraction of sp³-hybridized carbons (Fsp3) is 0.333. The normalized spacial score (nSPS) is 12.9. The quantitative estimate of drug-likeness (QED) is 0.612. The molecular formula is C18H19N3O2S2. The van der Waals surface area contributed by atoms with Gasteiger partial charge in [-0.15, -0.1) is 11.8 Å². The number of ketones is 1. The number of carbonyl (C=O) groups is 1. The van der Waals surface area contributed by atoms with E-state index < -0.39 is 0 Å². The molecule has 0 bridgehead atoms. The van der Waals surface area contributed by atoms with Crippen LogP contribution in [0.1, 0.15) is 27.0 Å². The van der Waals surface area contributed by atoms with Gasteiger partial charge in [0, 0.05) is 31.6 Å². The van der Waals surface area contributed by atoms with Crippen LogP contribution in [-0.4, -0.2) is 25.7 Å². The number of benzene rings is 1. The van der Waals surface area contributed by atoms with Crippen molar-refractivity contribution in [3.63, 3.8) is 0 Å². The lowest BCUT2D eigenvalue weighted by atomic mass is 10.0. The molecule has 25 heavy (non-hydrogen) atoms. The molecule has 3 rings (SSSR count). The molecule has 0 amide bonds. The maximum absolute atomic E-state index is 12.5. The van der Waals surface area contributed by atoms with E-state index in [1.54, 1.807) is 14.1 Å². The molecule has 130 valence electrons. The third-order valence-corrected chi connectivity index (χ3v) is 5.83. The van der Waals surface area contributed by atoms with Crippen molar-refractivity contribution in [1.29, 1.82) is 0 Å². The Hall–Kier alpha value is -1.99. The van der Waals surface area contributed by atoms with Crippen molar-refractivity contribution in [1.82, 2.24) is 9.13 Å². The van der Waals surface area contributed by atoms with Crippen molar-refractivity contribution in [3.8, 4) is 0 Å². The summed E-state index contributed by atoms with van der Waals surface area (Å²) in [6.07, 6.45) is 0.570. The molecule has 1 aliphatic heterocycles. The van der Waals surface area contributed by atoms with E-state index in [2.05, 4.69) is 4.99 Å². The minimum atomic E-state index is -0.190. The maximum Gasteiger partial charge on any atom is 0.330 e. The van der Waals surface area contributed by atoms with Crippen LogP contribution in [0.5, 0.6) is 0 Å². The van der Waals surface area contributed by atoms with E-state index in [-0.39, 0.29) is 11.5 Å². The summed E-state index contributed by atoms with van der Waals surface area (Å²) < 4.78 is 3.47. The minimum absolute atomic E-state index is 0.0826. The Labute approximate surface area is 155 Å². The zero-order valence-corrected chi connectivity index (χ0v) is 16.3. The standard InChI is InChI=1S/C18H19N3O2S2/c1-10-5-6-12(11(2)7-10)14(22)9-25-15-8-13-16(19-15)20(3)18(23)21(4)17(13)24/h5-7H,8-9H2,1-4H3. The van der Waals surface area contributed by atoms with Crippen molar-refractivity contribution in [3.05, 3.63) is 55.6 Å². The van der Waals surface area contributed by atoms with E-state index in [9.17, 15) is 9.59 Å². The fourth-order valence-corrected chi connectivity index (χ4v) is 4.04. The maximum atomic E-state index is 12.5. The van der Waals surface area contributed by atoms with Gasteiger partial charge in [-0.3, -0.25) is 13.9 Å². The third-order valence-electron chi connectivity index (χ3n) is 4.34. The summed E-state index contributed by atoms with van der Waals surface area (Å²) in [5, 5.41) is 0.820. The number of fused-ring (bicyclic) bond motifs is 1. The highest BCUT2D eigenvalue weighted by Crippen LogP contribution is 2.29. The van der Waals surface area contributed by atoms with Crippen LogP contribution in [0.25, 0.3) is 0 Å². The van der Waals surface area contributed by atoms with Gasteiger partial charge in [-0.25, -0.2) is 9.79 Å². The Morgan fingerprint density at radius 1 is 1.28 bits per heavy atom. The number of aliphatic imine (C=N–C) groups is 1. The number of hydrogen-bond donors (Lipinski definition) is 0. The lowest BCUT2D eigenvalue weighted by Crippen LogP contribution is -2.28. The zero-order chi connectivity index (χ0) is 18.3. The Morgan fingerprint density at radius 3 is 2.68 bits per heavy atom. The average Bonchev–Trinajstić information content (AvgIpc) is 3.00. The van der Waals surface area contributed by atoms with Gasteiger partial charge in [0.2, 0.25) is 0 Å². The molecule has 0 atom stereocenters. The number of hydrogen-bond acceptors (Lipinski definition) is 5. The van der Waals surface area contributed by atoms with E-state index in [4.69, 9.17) is 12.2 Å². The predicted molar refractivity (Wildman–Crippen MR) is 105 cm³/mol. The van der Waals surface area contributed by atoms with Gasteiger partial charge in [0.25, 0.3) is 0 Å². The van der Waals surface area contributed by atoms with Crippen LogP contribution in [0.4, 0.5) is 5.82 Å². The van der Waals surface area contributed by atoms with Crippen LogP contribution in [0, 0.1) is 18.5 Å². The van der Waals surface area contributed by atoms with Crippen LogP contribution >= 0.6 is 24.0 Å². The Kier molecular flexibility index (Phi) is 4.79. The summed E-state index contributed by atoms with van der Waals surface area (Å²) in [6, 6.07) is 5.84. The van der Waals surface area contributed by atoms with Crippen molar-refractivity contribution >= 4 is 40.6 Å². The van der Waals surface area contributed by atoms with Gasteiger partial charge in [0.15, 0.2) is 5.78 Å². The highest BCUT2D eigenvalue weighted by atomic mass is 32.2. The Morgan fingerprint density at radius 2 is 2.00 bits per heavy atom. The van der Waals surface area contributed by atoms with Gasteiger partial charge in [0.05, 0.1) is 10.8 Å². The van der Waals surface area contributed by atoms with E-state index in [0.29, 0.717) is 22.6 Å². The van der Waals surface area contributed by atoms with E-state index >= 15 is 0 Å². The SMILES string of the molecule is Cc1ccc(C(=O)CSC2=Nc3c(c(=S)n(C)c(=O)n3C)C2)c(C)c1. The zero-order valence-electron chi connectivity index (χ0n) is 14.6. The highest BCUT2D eigenvalue weighted by molar-refractivity contribution is 8.14. The predicted octanol–water partition coefficient (Wildman–Crippen LogP) is 3.27. The third kappa shape index (κ3) is 3.26. The lowest BCUT2D eigenvalue weighted by molar-refractivity contribution is 0.102. The molecule has 0 unspecified atom stereocenters. The van der Waals surface area contributed by atoms with Crippen molar-refractivity contribution in [2.75, 3.05) is 5.75 Å². The first kappa shape index (κ1) is 17.8. The van der Waals surface area contributed by atoms with Gasteiger partial charge < -0.3 is 0 Å². The molecule has 2 heterocycles. The largest absolute Gasteiger partial charge is 0.330 e. The van der Waals surface area contributed by atoms with Crippen LogP contribution in [0.3, 0.4) is 0 Å². The van der Waals surface area contributed by atoms with Crippen molar-refractivity contribution in [2.45, 2.75) is 20.3 Å². The number of aromatic nitrogens is 2. The van der Waals surface area contributed by atoms with Crippen LogP contribution in [0.15, 0.2) is 28.0 Å². The van der Waals surface area contributed by atoms with Gasteiger partial charge in [-0.05, 0) is 19.4 Å². The van der Waals surface area contributed by atoms with Gasteiger partial charge in [0.1, 0.15) is 10.5 Å². The van der Waals surface area contributed by atoms with Crippen LogP contribution < -0.4 is 5.69 Å². The molecule has 0 radical (unpaired) electrons. The van der Waals surface area contributed by atoms with E-state index in [1.165, 1.54) is 20.9 Å². The lowest BCUT2D eigenvalue weighted by Gasteiger charge is -2.07. The molecule has 7 heteroatoms. The van der Waals surface area contributed by atoms with Gasteiger partial charge in [-0.1, -0.05) is 36.0 Å². The number of carbonyl (C=O) groups excluding carboxylic acids is 1. The van der Waals surface area contributed by atoms with Crippen LogP contribution in [-0.2, 0) is 20.5 Å². The molecule has 0 fully saturated rings. The molecule has 0 N–H and O–H groups in total. The Balaban J connectivity index is 1.78. The number of aryl methyl sites for hydroxylation is 2. The first-order valence-electron chi connectivity index (χ1n) is 7.89. The molecule has 0 spiro atoms. The Bertz CT molecular complexity index is 1030. The van der Waals surface area contributed by atoms with Crippen molar-refractivity contribution in [2.24, 2.45) is 19.1 Å². The van der Waals surface area contributed by atoms with Gasteiger partial charge >= 0.3 is 5.69 Å². The molecule has 2 aromatic rings. The summed E-state index contributed by atoms with van der Waals surface area (Å²) >= 11 is 6.78. The summed E-state index contributed by atoms with van der Waals surface area (Å²) in [4.78, 5) is 29.1. The van der Waals surface area contributed by atoms with Crippen molar-refractivity contribution < 1.29 is 4.79 Å². The van der Waals surface area contributed by atoms with Gasteiger partial charge in [-0.2, -0.15) is 0 Å². The molecule has 5 nitrogen and oxygen atoms in total.